The normalized spacial score (nSPS) is 13.0. The van der Waals surface area contributed by atoms with Gasteiger partial charge in [-0.2, -0.15) is 18.3 Å². The number of rotatable bonds is 9. The van der Waals surface area contributed by atoms with Crippen LogP contribution in [0, 0.1) is 11.7 Å². The van der Waals surface area contributed by atoms with Crippen molar-refractivity contribution in [3.8, 4) is 16.9 Å². The quantitative estimate of drug-likeness (QED) is 0.256. The Morgan fingerprint density at radius 2 is 1.86 bits per heavy atom. The molecule has 0 bridgehead atoms. The van der Waals surface area contributed by atoms with Crippen molar-refractivity contribution in [3.05, 3.63) is 99.6 Å². The summed E-state index contributed by atoms with van der Waals surface area (Å²) < 4.78 is 61.1. The van der Waals surface area contributed by atoms with Crippen LogP contribution in [0.4, 0.5) is 13.2 Å². The van der Waals surface area contributed by atoms with Crippen molar-refractivity contribution in [2.24, 2.45) is 11.4 Å². The predicted octanol–water partition coefficient (Wildman–Crippen LogP) is 5.23. The van der Waals surface area contributed by atoms with Crippen LogP contribution >= 0.6 is 0 Å². The van der Waals surface area contributed by atoms with E-state index in [1.54, 1.807) is 68.5 Å². The lowest BCUT2D eigenvalue weighted by atomic mass is 10.1. The van der Waals surface area contributed by atoms with Crippen molar-refractivity contribution in [1.82, 2.24) is 19.7 Å². The average molecular weight is 601 g/mol. The highest BCUT2D eigenvalue weighted by Gasteiger charge is 2.31. The molecular formula is C29H31F3N6O3S. The molecule has 1 unspecified atom stereocenters. The number of alkyl halides is 3. The number of hydrogen-bond donors (Lipinski definition) is 2. The summed E-state index contributed by atoms with van der Waals surface area (Å²) >= 11 is 0. The molecule has 9 nitrogen and oxygen atoms in total. The smallest absolute Gasteiger partial charge is 0.383 e. The Morgan fingerprint density at radius 1 is 1.14 bits per heavy atom. The van der Waals surface area contributed by atoms with E-state index in [4.69, 9.17) is 9.52 Å². The van der Waals surface area contributed by atoms with E-state index >= 15 is 0 Å². The molecule has 2 aromatic heterocycles. The fourth-order valence-electron chi connectivity index (χ4n) is 4.43. The van der Waals surface area contributed by atoms with Crippen LogP contribution in [0.3, 0.4) is 0 Å². The first-order chi connectivity index (χ1) is 19.8. The first-order valence-corrected chi connectivity index (χ1v) is 14.8. The zero-order valence-corrected chi connectivity index (χ0v) is 24.3. The number of pyridine rings is 1. The van der Waals surface area contributed by atoms with Gasteiger partial charge in [0.15, 0.2) is 0 Å². The minimum atomic E-state index is -4.61. The van der Waals surface area contributed by atoms with Crippen molar-refractivity contribution < 1.29 is 22.7 Å². The SMILES string of the molecule is COCCN=S(C)(=N)c1ccc(CNC(=O)c2cc(-c3ccnn3C)c(C)n(-c3cccc(C(F)(F)F)c3)c2=O)cc1. The number of aromatic nitrogens is 3. The summed E-state index contributed by atoms with van der Waals surface area (Å²) in [4.78, 5) is 27.7. The number of methoxy groups -OCH3 is 1. The topological polar surface area (TPSA) is 114 Å². The van der Waals surface area contributed by atoms with Crippen molar-refractivity contribution in [3.63, 3.8) is 0 Å². The van der Waals surface area contributed by atoms with Crippen molar-refractivity contribution in [2.75, 3.05) is 26.5 Å². The largest absolute Gasteiger partial charge is 0.416 e. The summed E-state index contributed by atoms with van der Waals surface area (Å²) in [5.41, 5.74) is 0.221. The molecule has 1 atom stereocenters. The van der Waals surface area contributed by atoms with Crippen LogP contribution in [-0.4, -0.2) is 46.8 Å². The molecule has 0 fully saturated rings. The maximum absolute atomic E-state index is 13.6. The third-order valence-electron chi connectivity index (χ3n) is 6.70. The third-order valence-corrected chi connectivity index (χ3v) is 8.59. The molecule has 0 radical (unpaired) electrons. The van der Waals surface area contributed by atoms with Crippen LogP contribution < -0.4 is 10.9 Å². The van der Waals surface area contributed by atoms with E-state index in [1.165, 1.54) is 18.2 Å². The van der Waals surface area contributed by atoms with Gasteiger partial charge in [0.1, 0.15) is 5.56 Å². The Morgan fingerprint density at radius 3 is 2.48 bits per heavy atom. The molecule has 1 amide bonds. The van der Waals surface area contributed by atoms with Gasteiger partial charge in [0, 0.05) is 55.0 Å². The molecule has 0 spiro atoms. The van der Waals surface area contributed by atoms with Crippen LogP contribution in [0.5, 0.6) is 0 Å². The number of carbonyl (C=O) groups is 1. The molecule has 0 saturated heterocycles. The Balaban J connectivity index is 1.69. The molecule has 4 rings (SSSR count). The van der Waals surface area contributed by atoms with E-state index in [-0.39, 0.29) is 17.8 Å². The molecule has 13 heteroatoms. The Hall–Kier alpha value is -4.23. The molecule has 0 aliphatic heterocycles. The minimum absolute atomic E-state index is 0.0159. The number of ether oxygens (including phenoxy) is 1. The van der Waals surface area contributed by atoms with Gasteiger partial charge in [-0.1, -0.05) is 18.2 Å². The molecule has 222 valence electrons. The lowest BCUT2D eigenvalue weighted by molar-refractivity contribution is -0.137. The van der Waals surface area contributed by atoms with Crippen molar-refractivity contribution in [1.29, 1.82) is 4.78 Å². The number of carbonyl (C=O) groups excluding carboxylic acids is 1. The van der Waals surface area contributed by atoms with Gasteiger partial charge in [-0.15, -0.1) is 0 Å². The number of amides is 1. The zero-order chi connectivity index (χ0) is 30.7. The van der Waals surface area contributed by atoms with Gasteiger partial charge in [-0.3, -0.25) is 23.6 Å². The zero-order valence-electron chi connectivity index (χ0n) is 23.5. The second-order valence-electron chi connectivity index (χ2n) is 9.63. The summed E-state index contributed by atoms with van der Waals surface area (Å²) in [6.45, 7) is 2.54. The predicted molar refractivity (Wildman–Crippen MR) is 155 cm³/mol. The van der Waals surface area contributed by atoms with Crippen molar-refractivity contribution in [2.45, 2.75) is 24.5 Å². The monoisotopic (exact) mass is 600 g/mol. The molecule has 4 aromatic rings. The maximum Gasteiger partial charge on any atom is 0.416 e. The average Bonchev–Trinajstić information content (AvgIpc) is 3.37. The molecular weight excluding hydrogens is 569 g/mol. The maximum atomic E-state index is 13.6. The Kier molecular flexibility index (Phi) is 9.02. The van der Waals surface area contributed by atoms with Gasteiger partial charge in [0.2, 0.25) is 0 Å². The minimum Gasteiger partial charge on any atom is -0.383 e. The number of benzene rings is 2. The van der Waals surface area contributed by atoms with Crippen LogP contribution in [0.1, 0.15) is 27.2 Å². The molecule has 0 aliphatic carbocycles. The number of nitrogens with one attached hydrogen (secondary N) is 2. The highest BCUT2D eigenvalue weighted by molar-refractivity contribution is 7.94. The van der Waals surface area contributed by atoms with Crippen LogP contribution in [0.25, 0.3) is 16.9 Å². The van der Waals surface area contributed by atoms with Crippen LogP contribution in [-0.2, 0) is 34.1 Å². The van der Waals surface area contributed by atoms with Gasteiger partial charge < -0.3 is 10.1 Å². The second-order valence-corrected chi connectivity index (χ2v) is 12.1. The first kappa shape index (κ1) is 30.7. The molecule has 42 heavy (non-hydrogen) atoms. The number of nitrogens with zero attached hydrogens (tertiary/aromatic N) is 4. The fourth-order valence-corrected chi connectivity index (χ4v) is 5.69. The van der Waals surface area contributed by atoms with Crippen LogP contribution in [0.15, 0.2) is 80.9 Å². The molecule has 0 saturated carbocycles. The summed E-state index contributed by atoms with van der Waals surface area (Å²) in [5.74, 6) is -0.682. The van der Waals surface area contributed by atoms with Crippen molar-refractivity contribution >= 4 is 15.5 Å². The number of halogens is 3. The van der Waals surface area contributed by atoms with Gasteiger partial charge in [0.25, 0.3) is 11.5 Å². The summed E-state index contributed by atoms with van der Waals surface area (Å²) in [6.07, 6.45) is -1.31. The highest BCUT2D eigenvalue weighted by Crippen LogP contribution is 2.31. The molecule has 2 aromatic carbocycles. The van der Waals surface area contributed by atoms with E-state index < -0.39 is 32.8 Å². The lowest BCUT2D eigenvalue weighted by Gasteiger charge is -2.18. The van der Waals surface area contributed by atoms with Gasteiger partial charge in [0.05, 0.1) is 24.4 Å². The highest BCUT2D eigenvalue weighted by atomic mass is 32.2. The first-order valence-electron chi connectivity index (χ1n) is 12.8. The van der Waals surface area contributed by atoms with E-state index in [9.17, 15) is 22.8 Å². The van der Waals surface area contributed by atoms with Gasteiger partial charge in [-0.25, -0.2) is 4.36 Å². The molecule has 0 aliphatic rings. The summed E-state index contributed by atoms with van der Waals surface area (Å²) in [5, 5.41) is 6.90. The molecule has 2 N–H and O–H groups in total. The number of aryl methyl sites for hydroxylation is 1. The molecule has 2 heterocycles. The third kappa shape index (κ3) is 6.63. The fraction of sp³-hybridized carbons (Fsp3) is 0.276. The van der Waals surface area contributed by atoms with Crippen LogP contribution in [0.2, 0.25) is 0 Å². The summed E-state index contributed by atoms with van der Waals surface area (Å²) in [6, 6.07) is 14.7. The van der Waals surface area contributed by atoms with E-state index in [2.05, 4.69) is 14.8 Å². The van der Waals surface area contributed by atoms with E-state index in [1.807, 2.05) is 0 Å². The lowest BCUT2D eigenvalue weighted by Crippen LogP contribution is -2.33. The van der Waals surface area contributed by atoms with Gasteiger partial charge in [-0.05, 0) is 64.6 Å². The summed E-state index contributed by atoms with van der Waals surface area (Å²) in [7, 11) is 1.14. The van der Waals surface area contributed by atoms with E-state index in [0.717, 1.165) is 27.2 Å². The Labute approximate surface area is 241 Å². The second kappa shape index (κ2) is 12.3. The number of hydrogen-bond acceptors (Lipinski definition) is 6. The Bertz CT molecular complexity index is 1790. The standard InChI is InChI=1S/C29H31F3N6O3S/c1-19-24(26-12-13-35-37(26)2)17-25(28(40)38(19)22-7-5-6-21(16-22)29(30,31)32)27(39)34-18-20-8-10-23(11-9-20)42(4,33)36-14-15-41-3/h5-13,16-17,33H,14-15,18H2,1-4H3,(H,34,39). The van der Waals surface area contributed by atoms with Gasteiger partial charge >= 0.3 is 6.18 Å². The van der Waals surface area contributed by atoms with E-state index in [0.29, 0.717) is 30.1 Å².